The molecule has 0 aliphatic carbocycles. The van der Waals surface area contributed by atoms with Crippen LogP contribution in [-0.4, -0.2) is 24.0 Å². The Bertz CT molecular complexity index is 908. The second kappa shape index (κ2) is 8.97. The van der Waals surface area contributed by atoms with Crippen LogP contribution in [0.25, 0.3) is 0 Å². The van der Waals surface area contributed by atoms with Crippen LogP contribution in [-0.2, 0) is 23.9 Å². The molecule has 1 fully saturated rings. The van der Waals surface area contributed by atoms with Crippen molar-refractivity contribution in [3.63, 3.8) is 0 Å². The van der Waals surface area contributed by atoms with E-state index in [0.717, 1.165) is 31.0 Å². The Kier molecular flexibility index (Phi) is 6.58. The molecule has 2 heterocycles. The Morgan fingerprint density at radius 3 is 2.47 bits per heavy atom. The molecular formula is C21H22F5N3O. The number of nitrogens with one attached hydrogen (secondary N) is 1. The number of aromatic nitrogens is 1. The smallest absolute Gasteiger partial charge is 0.356 e. The maximum Gasteiger partial charge on any atom is 0.433 e. The zero-order valence-electron chi connectivity index (χ0n) is 16.4. The fourth-order valence-electron chi connectivity index (χ4n) is 3.36. The lowest BCUT2D eigenvalue weighted by atomic mass is 9.99. The molecule has 1 aliphatic heterocycles. The summed E-state index contributed by atoms with van der Waals surface area (Å²) >= 11 is 0. The molecule has 1 aromatic heterocycles. The van der Waals surface area contributed by atoms with E-state index in [1.807, 2.05) is 4.90 Å². The van der Waals surface area contributed by atoms with Gasteiger partial charge in [0.25, 0.3) is 0 Å². The summed E-state index contributed by atoms with van der Waals surface area (Å²) < 4.78 is 65.7. The number of pyridine rings is 1. The van der Waals surface area contributed by atoms with E-state index in [0.29, 0.717) is 30.1 Å². The minimum absolute atomic E-state index is 0.0188. The predicted octanol–water partition coefficient (Wildman–Crippen LogP) is 4.47. The van der Waals surface area contributed by atoms with Crippen molar-refractivity contribution in [3.8, 4) is 0 Å². The first-order chi connectivity index (χ1) is 14.1. The number of piperidine rings is 1. The lowest BCUT2D eigenvalue weighted by molar-refractivity contribution is -0.141. The Morgan fingerprint density at radius 2 is 1.83 bits per heavy atom. The van der Waals surface area contributed by atoms with E-state index in [-0.39, 0.29) is 18.8 Å². The third kappa shape index (κ3) is 5.46. The molecule has 1 saturated heterocycles. The zero-order chi connectivity index (χ0) is 21.9. The van der Waals surface area contributed by atoms with E-state index < -0.39 is 29.4 Å². The molecular weight excluding hydrogens is 405 g/mol. The van der Waals surface area contributed by atoms with Gasteiger partial charge in [-0.1, -0.05) is 19.1 Å². The first-order valence-corrected chi connectivity index (χ1v) is 9.66. The normalized spacial score (nSPS) is 15.3. The third-order valence-corrected chi connectivity index (χ3v) is 5.15. The quantitative estimate of drug-likeness (QED) is 0.716. The molecule has 1 amide bonds. The molecule has 2 aromatic rings. The highest BCUT2D eigenvalue weighted by atomic mass is 19.4. The average molecular weight is 427 g/mol. The number of carbonyl (C=O) groups excluding carboxylic acids is 1. The Labute approximate surface area is 171 Å². The monoisotopic (exact) mass is 427 g/mol. The second-order valence-electron chi connectivity index (χ2n) is 7.55. The molecule has 0 radical (unpaired) electrons. The van der Waals surface area contributed by atoms with Crippen molar-refractivity contribution in [2.75, 3.05) is 18.0 Å². The van der Waals surface area contributed by atoms with Crippen LogP contribution in [0.1, 0.15) is 36.6 Å². The van der Waals surface area contributed by atoms with Gasteiger partial charge in [-0.3, -0.25) is 4.79 Å². The number of alkyl halides is 3. The molecule has 1 aliphatic rings. The molecule has 3 rings (SSSR count). The summed E-state index contributed by atoms with van der Waals surface area (Å²) in [6, 6.07) is 5.40. The van der Waals surface area contributed by atoms with E-state index in [9.17, 15) is 26.7 Å². The SMILES string of the molecule is CC1CCN(c2nc(C(F)(F)F)ccc2CNC(=O)Cc2ccc(F)c(F)c2)CC1. The summed E-state index contributed by atoms with van der Waals surface area (Å²) in [5.74, 6) is -1.81. The molecule has 162 valence electrons. The van der Waals surface area contributed by atoms with Gasteiger partial charge in [0, 0.05) is 25.2 Å². The lowest BCUT2D eigenvalue weighted by Gasteiger charge is -2.33. The highest BCUT2D eigenvalue weighted by Crippen LogP contribution is 2.32. The molecule has 0 spiro atoms. The minimum Gasteiger partial charge on any atom is -0.356 e. The van der Waals surface area contributed by atoms with Crippen molar-refractivity contribution in [1.82, 2.24) is 10.3 Å². The number of hydrogen-bond donors (Lipinski definition) is 1. The molecule has 4 nitrogen and oxygen atoms in total. The maximum absolute atomic E-state index is 13.3. The molecule has 1 aromatic carbocycles. The fourth-order valence-corrected chi connectivity index (χ4v) is 3.36. The summed E-state index contributed by atoms with van der Waals surface area (Å²) in [6.45, 7) is 3.25. The van der Waals surface area contributed by atoms with E-state index in [4.69, 9.17) is 0 Å². The van der Waals surface area contributed by atoms with Crippen LogP contribution in [0.3, 0.4) is 0 Å². The van der Waals surface area contributed by atoms with Crippen molar-refractivity contribution in [1.29, 1.82) is 0 Å². The summed E-state index contributed by atoms with van der Waals surface area (Å²) in [4.78, 5) is 17.8. The van der Waals surface area contributed by atoms with Gasteiger partial charge < -0.3 is 10.2 Å². The number of halogens is 5. The van der Waals surface area contributed by atoms with Gasteiger partial charge >= 0.3 is 6.18 Å². The highest BCUT2D eigenvalue weighted by molar-refractivity contribution is 5.78. The molecule has 0 saturated carbocycles. The first-order valence-electron chi connectivity index (χ1n) is 9.66. The van der Waals surface area contributed by atoms with E-state index in [1.165, 1.54) is 12.1 Å². The van der Waals surface area contributed by atoms with Crippen molar-refractivity contribution in [3.05, 3.63) is 58.8 Å². The highest BCUT2D eigenvalue weighted by Gasteiger charge is 2.34. The molecule has 1 N–H and O–H groups in total. The molecule has 0 bridgehead atoms. The molecule has 0 unspecified atom stereocenters. The number of carbonyl (C=O) groups is 1. The van der Waals surface area contributed by atoms with E-state index >= 15 is 0 Å². The molecule has 9 heteroatoms. The van der Waals surface area contributed by atoms with Gasteiger partial charge in [-0.05, 0) is 42.5 Å². The van der Waals surface area contributed by atoms with Crippen molar-refractivity contribution in [2.45, 2.75) is 38.9 Å². The minimum atomic E-state index is -4.56. The average Bonchev–Trinajstić information content (AvgIpc) is 2.69. The fraction of sp³-hybridized carbons (Fsp3) is 0.429. The van der Waals surface area contributed by atoms with Crippen LogP contribution in [0.2, 0.25) is 0 Å². The molecule has 0 atom stereocenters. The van der Waals surface area contributed by atoms with Gasteiger partial charge in [0.1, 0.15) is 11.5 Å². The lowest BCUT2D eigenvalue weighted by Crippen LogP contribution is -2.35. The van der Waals surface area contributed by atoms with E-state index in [1.54, 1.807) is 0 Å². The van der Waals surface area contributed by atoms with Crippen LogP contribution in [0.15, 0.2) is 30.3 Å². The van der Waals surface area contributed by atoms with Crippen LogP contribution < -0.4 is 10.2 Å². The number of amides is 1. The van der Waals surface area contributed by atoms with Crippen molar-refractivity contribution < 1.29 is 26.7 Å². The van der Waals surface area contributed by atoms with Gasteiger partial charge in [0.2, 0.25) is 5.91 Å². The first kappa shape index (κ1) is 22.0. The molecule has 30 heavy (non-hydrogen) atoms. The third-order valence-electron chi connectivity index (χ3n) is 5.15. The van der Waals surface area contributed by atoms with Crippen molar-refractivity contribution >= 4 is 11.7 Å². The van der Waals surface area contributed by atoms with Crippen molar-refractivity contribution in [2.24, 2.45) is 5.92 Å². The second-order valence-corrected chi connectivity index (χ2v) is 7.55. The largest absolute Gasteiger partial charge is 0.433 e. The van der Waals surface area contributed by atoms with Gasteiger partial charge in [-0.2, -0.15) is 13.2 Å². The maximum atomic E-state index is 13.3. The zero-order valence-corrected chi connectivity index (χ0v) is 16.4. The van der Waals surface area contributed by atoms with Gasteiger partial charge in [-0.25, -0.2) is 13.8 Å². The number of rotatable bonds is 5. The summed E-state index contributed by atoms with van der Waals surface area (Å²) in [6.07, 6.45) is -3.05. The Morgan fingerprint density at radius 1 is 1.13 bits per heavy atom. The predicted molar refractivity (Wildman–Crippen MR) is 102 cm³/mol. The van der Waals surface area contributed by atoms with Gasteiger partial charge in [0.05, 0.1) is 6.42 Å². The van der Waals surface area contributed by atoms with Crippen LogP contribution >= 0.6 is 0 Å². The van der Waals surface area contributed by atoms with Gasteiger partial charge in [0.15, 0.2) is 11.6 Å². The number of nitrogens with zero attached hydrogens (tertiary/aromatic N) is 2. The Hall–Kier alpha value is -2.71. The number of benzene rings is 1. The number of hydrogen-bond acceptors (Lipinski definition) is 3. The summed E-state index contributed by atoms with van der Waals surface area (Å²) in [5.41, 5.74) is -0.216. The number of anilines is 1. The van der Waals surface area contributed by atoms with Gasteiger partial charge in [-0.15, -0.1) is 0 Å². The van der Waals surface area contributed by atoms with Crippen LogP contribution in [0.4, 0.5) is 27.8 Å². The topological polar surface area (TPSA) is 45.2 Å². The standard InChI is InChI=1S/C21H22F5N3O/c1-13-6-8-29(9-7-13)20-15(3-5-18(28-20)21(24,25)26)12-27-19(30)11-14-2-4-16(22)17(23)10-14/h2-5,10,13H,6-9,11-12H2,1H3,(H,27,30). The summed E-state index contributed by atoms with van der Waals surface area (Å²) in [5, 5.41) is 2.62. The van der Waals surface area contributed by atoms with Crippen LogP contribution in [0.5, 0.6) is 0 Å². The van der Waals surface area contributed by atoms with Crippen LogP contribution in [0, 0.1) is 17.6 Å². The van der Waals surface area contributed by atoms with E-state index in [2.05, 4.69) is 17.2 Å². The Balaban J connectivity index is 1.73. The summed E-state index contributed by atoms with van der Waals surface area (Å²) in [7, 11) is 0.